The Morgan fingerprint density at radius 2 is 2.15 bits per heavy atom. The number of aryl methyl sites for hydroxylation is 2. The molecule has 6 heteroatoms. The van der Waals surface area contributed by atoms with Gasteiger partial charge in [-0.05, 0) is 31.5 Å². The van der Waals surface area contributed by atoms with Crippen LogP contribution in [0.3, 0.4) is 0 Å². The van der Waals surface area contributed by atoms with E-state index in [2.05, 4.69) is 10.5 Å². The van der Waals surface area contributed by atoms with Crippen LogP contribution in [0, 0.1) is 6.92 Å². The zero-order valence-electron chi connectivity index (χ0n) is 11.5. The van der Waals surface area contributed by atoms with Crippen LogP contribution in [0.4, 0.5) is 0 Å². The molecular weight excluding hydrogens is 295 g/mol. The Bertz CT molecular complexity index is 595. The highest BCUT2D eigenvalue weighted by atomic mass is 35.5. The molecule has 0 saturated heterocycles. The molecule has 1 unspecified atom stereocenters. The van der Waals surface area contributed by atoms with E-state index >= 15 is 0 Å². The van der Waals surface area contributed by atoms with Crippen molar-refractivity contribution in [2.24, 2.45) is 5.84 Å². The van der Waals surface area contributed by atoms with Crippen LogP contribution in [0.1, 0.15) is 29.9 Å². The van der Waals surface area contributed by atoms with Gasteiger partial charge in [0.05, 0.1) is 22.5 Å². The van der Waals surface area contributed by atoms with E-state index in [4.69, 9.17) is 29.0 Å². The zero-order valence-corrected chi connectivity index (χ0v) is 13.0. The number of nitrogens with two attached hydrogens (primary N) is 1. The van der Waals surface area contributed by atoms with Crippen LogP contribution in [-0.4, -0.2) is 9.78 Å². The smallest absolute Gasteiger partial charge is 0.0847 e. The van der Waals surface area contributed by atoms with Gasteiger partial charge in [-0.15, -0.1) is 0 Å². The second-order valence-corrected chi connectivity index (χ2v) is 5.45. The molecule has 2 rings (SSSR count). The normalized spacial score (nSPS) is 12.7. The van der Waals surface area contributed by atoms with Crippen molar-refractivity contribution < 1.29 is 0 Å². The predicted molar refractivity (Wildman–Crippen MR) is 82.9 cm³/mol. The lowest BCUT2D eigenvalue weighted by Crippen LogP contribution is -2.30. The van der Waals surface area contributed by atoms with Gasteiger partial charge < -0.3 is 0 Å². The van der Waals surface area contributed by atoms with Gasteiger partial charge in [0, 0.05) is 18.0 Å². The number of hydrazine groups is 1. The molecule has 1 aromatic carbocycles. The van der Waals surface area contributed by atoms with Gasteiger partial charge in [-0.25, -0.2) is 0 Å². The van der Waals surface area contributed by atoms with Crippen molar-refractivity contribution in [1.82, 2.24) is 15.2 Å². The highest BCUT2D eigenvalue weighted by Crippen LogP contribution is 2.26. The molecule has 4 nitrogen and oxygen atoms in total. The van der Waals surface area contributed by atoms with E-state index in [1.54, 1.807) is 0 Å². The second-order valence-electron chi connectivity index (χ2n) is 4.64. The summed E-state index contributed by atoms with van der Waals surface area (Å²) in [6.07, 6.45) is 0.657. The van der Waals surface area contributed by atoms with Gasteiger partial charge in [-0.1, -0.05) is 35.3 Å². The van der Waals surface area contributed by atoms with Gasteiger partial charge in [0.25, 0.3) is 0 Å². The number of hydrogen-bond donors (Lipinski definition) is 2. The number of rotatable bonds is 5. The van der Waals surface area contributed by atoms with E-state index in [-0.39, 0.29) is 6.04 Å². The summed E-state index contributed by atoms with van der Waals surface area (Å²) < 4.78 is 1.91. The van der Waals surface area contributed by atoms with Crippen LogP contribution in [0.15, 0.2) is 24.3 Å². The lowest BCUT2D eigenvalue weighted by molar-refractivity contribution is 0.517. The average molecular weight is 313 g/mol. The molecule has 2 aromatic rings. The van der Waals surface area contributed by atoms with Crippen LogP contribution in [-0.2, 0) is 13.0 Å². The zero-order chi connectivity index (χ0) is 14.7. The van der Waals surface area contributed by atoms with E-state index in [1.807, 2.05) is 42.8 Å². The van der Waals surface area contributed by atoms with Crippen LogP contribution in [0.25, 0.3) is 0 Å². The molecule has 0 spiro atoms. The Morgan fingerprint density at radius 3 is 2.75 bits per heavy atom. The van der Waals surface area contributed by atoms with Gasteiger partial charge in [0.2, 0.25) is 0 Å². The fraction of sp³-hybridized carbons (Fsp3) is 0.357. The van der Waals surface area contributed by atoms with Crippen LogP contribution in [0.2, 0.25) is 10.0 Å². The first-order valence-corrected chi connectivity index (χ1v) is 7.25. The largest absolute Gasteiger partial charge is 0.271 e. The number of nitrogens with one attached hydrogen (secondary N) is 1. The number of halogens is 2. The molecule has 0 aliphatic rings. The lowest BCUT2D eigenvalue weighted by atomic mass is 10.0. The monoisotopic (exact) mass is 312 g/mol. The molecule has 20 heavy (non-hydrogen) atoms. The minimum Gasteiger partial charge on any atom is -0.271 e. The topological polar surface area (TPSA) is 55.9 Å². The third-order valence-corrected chi connectivity index (χ3v) is 4.03. The third kappa shape index (κ3) is 3.15. The van der Waals surface area contributed by atoms with Gasteiger partial charge in [-0.3, -0.25) is 16.0 Å². The summed E-state index contributed by atoms with van der Waals surface area (Å²) in [4.78, 5) is 0. The molecule has 3 N–H and O–H groups in total. The molecule has 1 aromatic heterocycles. The minimum atomic E-state index is -0.0624. The van der Waals surface area contributed by atoms with Crippen LogP contribution in [0.5, 0.6) is 0 Å². The maximum absolute atomic E-state index is 6.33. The molecule has 0 amide bonds. The predicted octanol–water partition coefficient (Wildman–Crippen LogP) is 3.27. The van der Waals surface area contributed by atoms with Crippen molar-refractivity contribution in [3.63, 3.8) is 0 Å². The van der Waals surface area contributed by atoms with E-state index in [0.717, 1.165) is 23.5 Å². The number of nitrogens with zero attached hydrogens (tertiary/aromatic N) is 2. The number of hydrogen-bond acceptors (Lipinski definition) is 3. The second kappa shape index (κ2) is 6.59. The Balaban J connectivity index is 2.31. The van der Waals surface area contributed by atoms with Crippen molar-refractivity contribution >= 4 is 23.2 Å². The minimum absolute atomic E-state index is 0.0624. The van der Waals surface area contributed by atoms with E-state index in [0.29, 0.717) is 16.5 Å². The first kappa shape index (κ1) is 15.3. The fourth-order valence-electron chi connectivity index (χ4n) is 2.25. The Morgan fingerprint density at radius 1 is 1.40 bits per heavy atom. The van der Waals surface area contributed by atoms with Crippen LogP contribution < -0.4 is 11.3 Å². The maximum atomic E-state index is 6.33. The lowest BCUT2D eigenvalue weighted by Gasteiger charge is -2.17. The van der Waals surface area contributed by atoms with Gasteiger partial charge in [0.1, 0.15) is 0 Å². The standard InChI is InChI=1S/C14H18Cl2N4/c1-3-20-13(14(16)9(2)19-20)8-12(18-17)10-5-4-6-11(15)7-10/h4-7,12,18H,3,8,17H2,1-2H3. The molecule has 0 aliphatic heterocycles. The quantitative estimate of drug-likeness (QED) is 0.658. The van der Waals surface area contributed by atoms with Crippen molar-refractivity contribution in [2.75, 3.05) is 0 Å². The Hall–Kier alpha value is -1.07. The van der Waals surface area contributed by atoms with Crippen LogP contribution >= 0.6 is 23.2 Å². The molecule has 0 aliphatic carbocycles. The maximum Gasteiger partial charge on any atom is 0.0847 e. The summed E-state index contributed by atoms with van der Waals surface area (Å²) in [5, 5.41) is 5.81. The summed E-state index contributed by atoms with van der Waals surface area (Å²) >= 11 is 12.4. The molecule has 0 saturated carbocycles. The first-order chi connectivity index (χ1) is 9.56. The number of aromatic nitrogens is 2. The molecule has 0 fully saturated rings. The van der Waals surface area contributed by atoms with Crippen molar-refractivity contribution in [1.29, 1.82) is 0 Å². The summed E-state index contributed by atoms with van der Waals surface area (Å²) in [5.74, 6) is 5.69. The van der Waals surface area contributed by atoms with Gasteiger partial charge in [-0.2, -0.15) is 5.10 Å². The SMILES string of the molecule is CCn1nc(C)c(Cl)c1CC(NN)c1cccc(Cl)c1. The van der Waals surface area contributed by atoms with Gasteiger partial charge in [0.15, 0.2) is 0 Å². The first-order valence-electron chi connectivity index (χ1n) is 6.50. The molecule has 1 heterocycles. The van der Waals surface area contributed by atoms with Crippen molar-refractivity contribution in [3.8, 4) is 0 Å². The third-order valence-electron chi connectivity index (χ3n) is 3.30. The molecule has 0 bridgehead atoms. The molecule has 0 radical (unpaired) electrons. The molecule has 1 atom stereocenters. The van der Waals surface area contributed by atoms with E-state index < -0.39 is 0 Å². The molecule has 108 valence electrons. The summed E-state index contributed by atoms with van der Waals surface area (Å²) in [6, 6.07) is 7.58. The molecular formula is C14H18Cl2N4. The summed E-state index contributed by atoms with van der Waals surface area (Å²) in [5.41, 5.74) is 5.67. The Kier molecular flexibility index (Phi) is 5.05. The number of benzene rings is 1. The van der Waals surface area contributed by atoms with Gasteiger partial charge >= 0.3 is 0 Å². The average Bonchev–Trinajstić information content (AvgIpc) is 2.71. The van der Waals surface area contributed by atoms with Crippen molar-refractivity contribution in [2.45, 2.75) is 32.9 Å². The van der Waals surface area contributed by atoms with Crippen molar-refractivity contribution in [3.05, 3.63) is 51.3 Å². The summed E-state index contributed by atoms with van der Waals surface area (Å²) in [6.45, 7) is 4.72. The fourth-order valence-corrected chi connectivity index (χ4v) is 2.66. The summed E-state index contributed by atoms with van der Waals surface area (Å²) in [7, 11) is 0. The highest BCUT2D eigenvalue weighted by Gasteiger charge is 2.18. The van der Waals surface area contributed by atoms with E-state index in [9.17, 15) is 0 Å². The van der Waals surface area contributed by atoms with E-state index in [1.165, 1.54) is 0 Å². The highest BCUT2D eigenvalue weighted by molar-refractivity contribution is 6.32. The Labute approximate surface area is 128 Å².